The second-order valence-electron chi connectivity index (χ2n) is 6.93. The van der Waals surface area contributed by atoms with Gasteiger partial charge in [-0.1, -0.05) is 23.7 Å². The first-order chi connectivity index (χ1) is 13.5. The first-order valence-corrected chi connectivity index (χ1v) is 10.0. The van der Waals surface area contributed by atoms with Gasteiger partial charge in [-0.05, 0) is 56.2 Å². The van der Waals surface area contributed by atoms with Crippen LogP contribution in [0, 0.1) is 13.8 Å². The van der Waals surface area contributed by atoms with Gasteiger partial charge >= 0.3 is 0 Å². The topological polar surface area (TPSA) is 42.0 Å². The molecule has 0 spiro atoms. The van der Waals surface area contributed by atoms with Gasteiger partial charge in [0, 0.05) is 31.2 Å². The van der Waals surface area contributed by atoms with Gasteiger partial charge in [-0.25, -0.2) is 0 Å². The predicted molar refractivity (Wildman–Crippen MR) is 113 cm³/mol. The molecule has 1 heterocycles. The van der Waals surface area contributed by atoms with Crippen molar-refractivity contribution in [2.24, 2.45) is 0 Å². The van der Waals surface area contributed by atoms with Crippen LogP contribution in [0.2, 0.25) is 5.02 Å². The average molecular weight is 403 g/mol. The maximum Gasteiger partial charge on any atom is 0.260 e. The second-order valence-corrected chi connectivity index (χ2v) is 7.36. The SMILES string of the molecule is CCOc1ccccc1N1CCN(C(=O)COc2c(C)cc(Cl)cc2C)CC1. The zero-order chi connectivity index (χ0) is 20.1. The molecule has 3 rings (SSSR count). The fraction of sp³-hybridized carbons (Fsp3) is 0.409. The van der Waals surface area contributed by atoms with Crippen LogP contribution >= 0.6 is 11.6 Å². The first-order valence-electron chi connectivity index (χ1n) is 9.63. The Bertz CT molecular complexity index is 809. The number of nitrogens with zero attached hydrogens (tertiary/aromatic N) is 2. The lowest BCUT2D eigenvalue weighted by molar-refractivity contribution is -0.133. The van der Waals surface area contributed by atoms with Gasteiger partial charge in [-0.3, -0.25) is 4.79 Å². The van der Waals surface area contributed by atoms with E-state index in [1.165, 1.54) is 0 Å². The molecule has 0 aromatic heterocycles. The van der Waals surface area contributed by atoms with Gasteiger partial charge in [0.05, 0.1) is 12.3 Å². The molecule has 28 heavy (non-hydrogen) atoms. The van der Waals surface area contributed by atoms with Gasteiger partial charge in [0.1, 0.15) is 11.5 Å². The van der Waals surface area contributed by atoms with Crippen LogP contribution in [-0.2, 0) is 4.79 Å². The number of rotatable bonds is 6. The first kappa shape index (κ1) is 20.3. The number of para-hydroxylation sites is 2. The maximum atomic E-state index is 12.6. The molecule has 1 amide bonds. The molecule has 0 aliphatic carbocycles. The molecule has 5 nitrogen and oxygen atoms in total. The Morgan fingerprint density at radius 1 is 1.04 bits per heavy atom. The molecule has 1 aliphatic rings. The third-order valence-electron chi connectivity index (χ3n) is 4.90. The highest BCUT2D eigenvalue weighted by Crippen LogP contribution is 2.29. The summed E-state index contributed by atoms with van der Waals surface area (Å²) in [6.07, 6.45) is 0. The predicted octanol–water partition coefficient (Wildman–Crippen LogP) is 4.08. The molecule has 0 radical (unpaired) electrons. The lowest BCUT2D eigenvalue weighted by Crippen LogP contribution is -2.50. The van der Waals surface area contributed by atoms with Gasteiger partial charge in [0.15, 0.2) is 6.61 Å². The monoisotopic (exact) mass is 402 g/mol. The summed E-state index contributed by atoms with van der Waals surface area (Å²) in [4.78, 5) is 16.7. The molecular formula is C22H27ClN2O3. The van der Waals surface area contributed by atoms with E-state index in [0.29, 0.717) is 24.7 Å². The van der Waals surface area contributed by atoms with Crippen LogP contribution in [0.1, 0.15) is 18.1 Å². The molecule has 0 unspecified atom stereocenters. The number of anilines is 1. The highest BCUT2D eigenvalue weighted by molar-refractivity contribution is 6.30. The third kappa shape index (κ3) is 4.71. The average Bonchev–Trinajstić information content (AvgIpc) is 2.68. The van der Waals surface area contributed by atoms with Crippen molar-refractivity contribution in [3.63, 3.8) is 0 Å². The molecule has 1 aliphatic heterocycles. The number of hydrogen-bond acceptors (Lipinski definition) is 4. The smallest absolute Gasteiger partial charge is 0.260 e. The van der Waals surface area contributed by atoms with E-state index in [9.17, 15) is 4.79 Å². The van der Waals surface area contributed by atoms with E-state index in [4.69, 9.17) is 21.1 Å². The summed E-state index contributed by atoms with van der Waals surface area (Å²) >= 11 is 6.06. The molecule has 2 aromatic rings. The van der Waals surface area contributed by atoms with E-state index in [0.717, 1.165) is 41.4 Å². The molecule has 6 heteroatoms. The van der Waals surface area contributed by atoms with Gasteiger partial charge in [0.25, 0.3) is 5.91 Å². The summed E-state index contributed by atoms with van der Waals surface area (Å²) in [6.45, 7) is 9.42. The van der Waals surface area contributed by atoms with Crippen LogP contribution < -0.4 is 14.4 Å². The fourth-order valence-corrected chi connectivity index (χ4v) is 3.87. The Morgan fingerprint density at radius 2 is 1.68 bits per heavy atom. The number of hydrogen-bond donors (Lipinski definition) is 0. The van der Waals surface area contributed by atoms with Gasteiger partial charge in [0.2, 0.25) is 0 Å². The van der Waals surface area contributed by atoms with Crippen molar-refractivity contribution < 1.29 is 14.3 Å². The Kier molecular flexibility index (Phi) is 6.68. The number of ether oxygens (including phenoxy) is 2. The Balaban J connectivity index is 1.56. The highest BCUT2D eigenvalue weighted by Gasteiger charge is 2.23. The normalized spacial score (nSPS) is 14.1. The molecule has 0 saturated carbocycles. The Morgan fingerprint density at radius 3 is 2.32 bits per heavy atom. The second kappa shape index (κ2) is 9.20. The molecule has 150 valence electrons. The Hall–Kier alpha value is -2.40. The highest BCUT2D eigenvalue weighted by atomic mass is 35.5. The quantitative estimate of drug-likeness (QED) is 0.730. The standard InChI is InChI=1S/C22H27ClN2O3/c1-4-27-20-8-6-5-7-19(20)24-9-11-25(12-10-24)21(26)15-28-22-16(2)13-18(23)14-17(22)3/h5-8,13-14H,4,9-12,15H2,1-3H3. The number of halogens is 1. The van der Waals surface area contributed by atoms with Crippen molar-refractivity contribution in [2.75, 3.05) is 44.3 Å². The molecule has 1 saturated heterocycles. The van der Waals surface area contributed by atoms with Crippen LogP contribution in [0.4, 0.5) is 5.69 Å². The lowest BCUT2D eigenvalue weighted by atomic mass is 10.1. The van der Waals surface area contributed by atoms with Crippen molar-refractivity contribution in [3.05, 3.63) is 52.5 Å². The van der Waals surface area contributed by atoms with Crippen LogP contribution in [0.25, 0.3) is 0 Å². The van der Waals surface area contributed by atoms with E-state index < -0.39 is 0 Å². The van der Waals surface area contributed by atoms with Crippen molar-refractivity contribution in [2.45, 2.75) is 20.8 Å². The van der Waals surface area contributed by atoms with E-state index >= 15 is 0 Å². The summed E-state index contributed by atoms with van der Waals surface area (Å²) in [5.41, 5.74) is 2.96. The van der Waals surface area contributed by atoms with E-state index in [1.807, 2.05) is 56.0 Å². The maximum absolute atomic E-state index is 12.6. The number of benzene rings is 2. The van der Waals surface area contributed by atoms with Crippen molar-refractivity contribution in [3.8, 4) is 11.5 Å². The van der Waals surface area contributed by atoms with Gasteiger partial charge < -0.3 is 19.3 Å². The zero-order valence-corrected chi connectivity index (χ0v) is 17.5. The van der Waals surface area contributed by atoms with E-state index in [1.54, 1.807) is 0 Å². The minimum atomic E-state index is 0.00601. The molecule has 2 aromatic carbocycles. The summed E-state index contributed by atoms with van der Waals surface area (Å²) < 4.78 is 11.5. The number of carbonyl (C=O) groups is 1. The fourth-order valence-electron chi connectivity index (χ4n) is 3.54. The molecule has 0 bridgehead atoms. The summed E-state index contributed by atoms with van der Waals surface area (Å²) in [7, 11) is 0. The molecule has 1 fully saturated rings. The van der Waals surface area contributed by atoms with E-state index in [2.05, 4.69) is 11.0 Å². The Labute approximate surface area is 171 Å². The minimum Gasteiger partial charge on any atom is -0.492 e. The van der Waals surface area contributed by atoms with Crippen LogP contribution in [0.3, 0.4) is 0 Å². The van der Waals surface area contributed by atoms with Crippen molar-refractivity contribution in [1.29, 1.82) is 0 Å². The van der Waals surface area contributed by atoms with Crippen molar-refractivity contribution >= 4 is 23.2 Å². The number of amides is 1. The van der Waals surface area contributed by atoms with Crippen LogP contribution in [-0.4, -0.2) is 50.2 Å². The van der Waals surface area contributed by atoms with Gasteiger partial charge in [-0.15, -0.1) is 0 Å². The molecular weight excluding hydrogens is 376 g/mol. The summed E-state index contributed by atoms with van der Waals surface area (Å²) in [5.74, 6) is 1.63. The van der Waals surface area contributed by atoms with Crippen molar-refractivity contribution in [1.82, 2.24) is 4.90 Å². The molecule has 0 atom stereocenters. The lowest BCUT2D eigenvalue weighted by Gasteiger charge is -2.36. The summed E-state index contributed by atoms with van der Waals surface area (Å²) in [5, 5.41) is 0.678. The number of piperazine rings is 1. The third-order valence-corrected chi connectivity index (χ3v) is 5.12. The van der Waals surface area contributed by atoms with Crippen LogP contribution in [0.5, 0.6) is 11.5 Å². The summed E-state index contributed by atoms with van der Waals surface area (Å²) in [6, 6.07) is 11.7. The largest absolute Gasteiger partial charge is 0.492 e. The van der Waals surface area contributed by atoms with Gasteiger partial charge in [-0.2, -0.15) is 0 Å². The number of carbonyl (C=O) groups excluding carboxylic acids is 1. The minimum absolute atomic E-state index is 0.00601. The van der Waals surface area contributed by atoms with Crippen LogP contribution in [0.15, 0.2) is 36.4 Å². The number of aryl methyl sites for hydroxylation is 2. The zero-order valence-electron chi connectivity index (χ0n) is 16.7. The van der Waals surface area contributed by atoms with E-state index in [-0.39, 0.29) is 12.5 Å². The molecule has 0 N–H and O–H groups in total.